The van der Waals surface area contributed by atoms with Gasteiger partial charge in [-0.25, -0.2) is 0 Å². The zero-order valence-electron chi connectivity index (χ0n) is 8.85. The van der Waals surface area contributed by atoms with Gasteiger partial charge in [0.1, 0.15) is 0 Å². The Labute approximate surface area is 76.3 Å². The van der Waals surface area contributed by atoms with Crippen LogP contribution in [-0.2, 0) is 0 Å². The van der Waals surface area contributed by atoms with Crippen molar-refractivity contribution in [3.8, 4) is 0 Å². The molecule has 72 valence electrons. The van der Waals surface area contributed by atoms with Gasteiger partial charge in [0.25, 0.3) is 0 Å². The monoisotopic (exact) mass is 170 g/mol. The van der Waals surface area contributed by atoms with E-state index in [4.69, 9.17) is 0 Å². The van der Waals surface area contributed by atoms with Crippen LogP contribution in [0.3, 0.4) is 0 Å². The molecular weight excluding hydrogens is 148 g/mol. The maximum atomic E-state index is 3.60. The lowest BCUT2D eigenvalue weighted by Gasteiger charge is -2.40. The van der Waals surface area contributed by atoms with Gasteiger partial charge in [0.15, 0.2) is 0 Å². The van der Waals surface area contributed by atoms with Crippen molar-refractivity contribution in [1.29, 1.82) is 0 Å². The van der Waals surface area contributed by atoms with Gasteiger partial charge in [0, 0.05) is 25.7 Å². The van der Waals surface area contributed by atoms with Gasteiger partial charge in [-0.3, -0.25) is 0 Å². The van der Waals surface area contributed by atoms with E-state index in [0.29, 0.717) is 11.5 Å². The highest BCUT2D eigenvalue weighted by Gasteiger charge is 2.30. The molecule has 1 aliphatic heterocycles. The van der Waals surface area contributed by atoms with Crippen molar-refractivity contribution in [2.75, 3.05) is 26.7 Å². The summed E-state index contributed by atoms with van der Waals surface area (Å²) in [5, 5.41) is 3.60. The van der Waals surface area contributed by atoms with E-state index in [1.54, 1.807) is 0 Å². The number of rotatable bonds is 2. The van der Waals surface area contributed by atoms with Crippen molar-refractivity contribution < 1.29 is 0 Å². The average molecular weight is 170 g/mol. The molecule has 0 amide bonds. The highest BCUT2D eigenvalue weighted by atomic mass is 15.2. The van der Waals surface area contributed by atoms with Crippen molar-refractivity contribution in [3.63, 3.8) is 0 Å². The van der Waals surface area contributed by atoms with Gasteiger partial charge in [0.2, 0.25) is 0 Å². The predicted octanol–water partition coefficient (Wildman–Crippen LogP) is 1.33. The smallest absolute Gasteiger partial charge is 0.0246 e. The maximum absolute atomic E-state index is 3.60. The standard InChI is InChI=1S/C10H22N2/c1-5-10(2,3)9-8-12(4)7-6-11-9/h9,11H,5-8H2,1-4H3/t9-/m0/s1. The minimum Gasteiger partial charge on any atom is -0.311 e. The summed E-state index contributed by atoms with van der Waals surface area (Å²) in [6.45, 7) is 10.5. The highest BCUT2D eigenvalue weighted by Crippen LogP contribution is 2.26. The second-order valence-electron chi connectivity index (χ2n) is 4.61. The fraction of sp³-hybridized carbons (Fsp3) is 1.00. The lowest BCUT2D eigenvalue weighted by atomic mass is 9.81. The summed E-state index contributed by atoms with van der Waals surface area (Å²) in [7, 11) is 2.21. The molecule has 1 fully saturated rings. The molecule has 1 rings (SSSR count). The Hall–Kier alpha value is -0.0800. The summed E-state index contributed by atoms with van der Waals surface area (Å²) in [6.07, 6.45) is 1.25. The number of hydrogen-bond donors (Lipinski definition) is 1. The van der Waals surface area contributed by atoms with Crippen LogP contribution in [0.25, 0.3) is 0 Å². The molecule has 2 nitrogen and oxygen atoms in total. The molecule has 1 saturated heterocycles. The normalized spacial score (nSPS) is 27.5. The molecule has 0 aromatic rings. The van der Waals surface area contributed by atoms with Gasteiger partial charge in [-0.15, -0.1) is 0 Å². The van der Waals surface area contributed by atoms with Crippen LogP contribution in [0.15, 0.2) is 0 Å². The van der Waals surface area contributed by atoms with Gasteiger partial charge < -0.3 is 10.2 Å². The van der Waals surface area contributed by atoms with Crippen molar-refractivity contribution in [3.05, 3.63) is 0 Å². The van der Waals surface area contributed by atoms with Gasteiger partial charge in [0.05, 0.1) is 0 Å². The van der Waals surface area contributed by atoms with Crippen molar-refractivity contribution in [2.24, 2.45) is 5.41 Å². The molecule has 0 aliphatic carbocycles. The lowest BCUT2D eigenvalue weighted by Crippen LogP contribution is -2.55. The molecule has 0 aromatic heterocycles. The molecule has 1 heterocycles. The first-order chi connectivity index (χ1) is 5.56. The van der Waals surface area contributed by atoms with E-state index in [9.17, 15) is 0 Å². The van der Waals surface area contributed by atoms with E-state index in [1.165, 1.54) is 19.5 Å². The van der Waals surface area contributed by atoms with E-state index in [-0.39, 0.29) is 0 Å². The molecule has 1 N–H and O–H groups in total. The number of piperazine rings is 1. The van der Waals surface area contributed by atoms with Crippen LogP contribution in [0.2, 0.25) is 0 Å². The summed E-state index contributed by atoms with van der Waals surface area (Å²) in [5.74, 6) is 0. The molecule has 0 aromatic carbocycles. The first kappa shape index (κ1) is 10.0. The molecule has 2 heteroatoms. The Morgan fingerprint density at radius 1 is 1.50 bits per heavy atom. The van der Waals surface area contributed by atoms with Gasteiger partial charge >= 0.3 is 0 Å². The van der Waals surface area contributed by atoms with Gasteiger partial charge in [-0.2, -0.15) is 0 Å². The number of likely N-dealkylation sites (N-methyl/N-ethyl adjacent to an activating group) is 1. The van der Waals surface area contributed by atoms with E-state index < -0.39 is 0 Å². The van der Waals surface area contributed by atoms with Crippen LogP contribution in [0.1, 0.15) is 27.2 Å². The Morgan fingerprint density at radius 3 is 2.67 bits per heavy atom. The Kier molecular flexibility index (Phi) is 3.13. The third kappa shape index (κ3) is 2.20. The third-order valence-electron chi connectivity index (χ3n) is 3.23. The van der Waals surface area contributed by atoms with E-state index >= 15 is 0 Å². The van der Waals surface area contributed by atoms with Crippen LogP contribution < -0.4 is 5.32 Å². The van der Waals surface area contributed by atoms with Crippen molar-refractivity contribution >= 4 is 0 Å². The summed E-state index contributed by atoms with van der Waals surface area (Å²) < 4.78 is 0. The highest BCUT2D eigenvalue weighted by molar-refractivity contribution is 4.88. The Morgan fingerprint density at radius 2 is 2.17 bits per heavy atom. The summed E-state index contributed by atoms with van der Waals surface area (Å²) in [6, 6.07) is 0.668. The number of hydrogen-bond acceptors (Lipinski definition) is 2. The van der Waals surface area contributed by atoms with E-state index in [2.05, 4.69) is 38.0 Å². The minimum atomic E-state index is 0.439. The lowest BCUT2D eigenvalue weighted by molar-refractivity contribution is 0.139. The number of nitrogens with one attached hydrogen (secondary N) is 1. The van der Waals surface area contributed by atoms with Crippen molar-refractivity contribution in [1.82, 2.24) is 10.2 Å². The van der Waals surface area contributed by atoms with Crippen LogP contribution in [0, 0.1) is 5.41 Å². The van der Waals surface area contributed by atoms with Gasteiger partial charge in [-0.05, 0) is 18.9 Å². The summed E-state index contributed by atoms with van der Waals surface area (Å²) in [5.41, 5.74) is 0.439. The molecule has 0 unspecified atom stereocenters. The van der Waals surface area contributed by atoms with Crippen molar-refractivity contribution in [2.45, 2.75) is 33.2 Å². The van der Waals surface area contributed by atoms with Crippen LogP contribution in [-0.4, -0.2) is 37.6 Å². The van der Waals surface area contributed by atoms with E-state index in [0.717, 1.165) is 6.54 Å². The molecule has 0 bridgehead atoms. The minimum absolute atomic E-state index is 0.439. The largest absolute Gasteiger partial charge is 0.311 e. The molecule has 0 saturated carbocycles. The fourth-order valence-electron chi connectivity index (χ4n) is 1.67. The quantitative estimate of drug-likeness (QED) is 0.672. The second-order valence-corrected chi connectivity index (χ2v) is 4.61. The number of nitrogens with zero attached hydrogens (tertiary/aromatic N) is 1. The third-order valence-corrected chi connectivity index (χ3v) is 3.23. The van der Waals surface area contributed by atoms with E-state index in [1.807, 2.05) is 0 Å². The second kappa shape index (κ2) is 3.75. The summed E-state index contributed by atoms with van der Waals surface area (Å²) >= 11 is 0. The maximum Gasteiger partial charge on any atom is 0.0246 e. The van der Waals surface area contributed by atoms with Crippen LogP contribution in [0.4, 0.5) is 0 Å². The zero-order valence-corrected chi connectivity index (χ0v) is 8.85. The molecule has 0 radical (unpaired) electrons. The molecular formula is C10H22N2. The fourth-order valence-corrected chi connectivity index (χ4v) is 1.67. The Bertz CT molecular complexity index is 143. The zero-order chi connectivity index (χ0) is 9.19. The topological polar surface area (TPSA) is 15.3 Å². The Balaban J connectivity index is 2.50. The van der Waals surface area contributed by atoms with Crippen LogP contribution >= 0.6 is 0 Å². The van der Waals surface area contributed by atoms with Crippen LogP contribution in [0.5, 0.6) is 0 Å². The molecule has 1 atom stereocenters. The first-order valence-corrected chi connectivity index (χ1v) is 4.98. The summed E-state index contributed by atoms with van der Waals surface area (Å²) in [4.78, 5) is 2.42. The van der Waals surface area contributed by atoms with Gasteiger partial charge in [-0.1, -0.05) is 20.8 Å². The molecule has 12 heavy (non-hydrogen) atoms. The molecule has 0 spiro atoms. The molecule has 1 aliphatic rings. The average Bonchev–Trinajstić information content (AvgIpc) is 2.05. The SMILES string of the molecule is CCC(C)(C)[C@@H]1CN(C)CCN1. The first-order valence-electron chi connectivity index (χ1n) is 4.98. The predicted molar refractivity (Wildman–Crippen MR) is 53.4 cm³/mol.